The SMILES string of the molecule is CC(=O)N1CCc2cc(S(=O)(=O)NC3CCC(=O)NC3C)ccc21. The van der Waals surface area contributed by atoms with Gasteiger partial charge in [-0.2, -0.15) is 0 Å². The van der Waals surface area contributed by atoms with Crippen molar-refractivity contribution in [3.8, 4) is 0 Å². The van der Waals surface area contributed by atoms with Crippen LogP contribution in [0.3, 0.4) is 0 Å². The van der Waals surface area contributed by atoms with Crippen molar-refractivity contribution in [1.82, 2.24) is 10.0 Å². The van der Waals surface area contributed by atoms with Crippen molar-refractivity contribution in [3.05, 3.63) is 23.8 Å². The molecular weight excluding hydrogens is 330 g/mol. The molecule has 2 N–H and O–H groups in total. The number of fused-ring (bicyclic) bond motifs is 1. The molecule has 7 nitrogen and oxygen atoms in total. The number of nitrogens with one attached hydrogen (secondary N) is 2. The molecule has 24 heavy (non-hydrogen) atoms. The summed E-state index contributed by atoms with van der Waals surface area (Å²) >= 11 is 0. The molecule has 0 aliphatic carbocycles. The molecular formula is C16H21N3O4S. The number of hydrogen-bond acceptors (Lipinski definition) is 4. The van der Waals surface area contributed by atoms with Crippen molar-refractivity contribution < 1.29 is 18.0 Å². The van der Waals surface area contributed by atoms with Crippen LogP contribution in [-0.2, 0) is 26.0 Å². The van der Waals surface area contributed by atoms with Gasteiger partial charge in [0.2, 0.25) is 21.8 Å². The molecule has 3 rings (SSSR count). The molecule has 1 saturated heterocycles. The Hall–Kier alpha value is -1.93. The standard InChI is InChI=1S/C16H21N3O4S/c1-10-14(4-6-16(21)17-10)18-24(22,23)13-3-5-15-12(9-13)7-8-19(15)11(2)20/h3,5,9-10,14,18H,4,6-8H2,1-2H3,(H,17,21). The van der Waals surface area contributed by atoms with Crippen molar-refractivity contribution >= 4 is 27.5 Å². The van der Waals surface area contributed by atoms with Crippen molar-refractivity contribution in [2.75, 3.05) is 11.4 Å². The fraction of sp³-hybridized carbons (Fsp3) is 0.500. The number of nitrogens with zero attached hydrogens (tertiary/aromatic N) is 1. The van der Waals surface area contributed by atoms with Gasteiger partial charge < -0.3 is 10.2 Å². The predicted molar refractivity (Wildman–Crippen MR) is 89.1 cm³/mol. The van der Waals surface area contributed by atoms with Crippen LogP contribution in [-0.4, -0.2) is 38.9 Å². The normalized spacial score (nSPS) is 23.8. The fourth-order valence-electron chi connectivity index (χ4n) is 3.26. The number of rotatable bonds is 3. The van der Waals surface area contributed by atoms with Gasteiger partial charge in [0.05, 0.1) is 4.90 Å². The van der Waals surface area contributed by atoms with E-state index in [1.165, 1.54) is 13.0 Å². The summed E-state index contributed by atoms with van der Waals surface area (Å²) < 4.78 is 28.0. The molecule has 0 aromatic heterocycles. The zero-order chi connectivity index (χ0) is 17.5. The van der Waals surface area contributed by atoms with E-state index in [1.54, 1.807) is 24.0 Å². The molecule has 1 aromatic rings. The Labute approximate surface area is 141 Å². The molecule has 0 saturated carbocycles. The van der Waals surface area contributed by atoms with Gasteiger partial charge in [-0.15, -0.1) is 0 Å². The second-order valence-corrected chi connectivity index (χ2v) is 8.05. The van der Waals surface area contributed by atoms with E-state index < -0.39 is 10.0 Å². The summed E-state index contributed by atoms with van der Waals surface area (Å²) in [6.07, 6.45) is 1.44. The Morgan fingerprint density at radius 2 is 2.08 bits per heavy atom. The molecule has 2 unspecified atom stereocenters. The molecule has 8 heteroatoms. The van der Waals surface area contributed by atoms with Crippen LogP contribution in [0.4, 0.5) is 5.69 Å². The van der Waals surface area contributed by atoms with E-state index >= 15 is 0 Å². The average molecular weight is 351 g/mol. The van der Waals surface area contributed by atoms with Gasteiger partial charge in [0.25, 0.3) is 0 Å². The number of hydrogen-bond donors (Lipinski definition) is 2. The van der Waals surface area contributed by atoms with Crippen molar-refractivity contribution in [1.29, 1.82) is 0 Å². The summed E-state index contributed by atoms with van der Waals surface area (Å²) in [6.45, 7) is 3.87. The lowest BCUT2D eigenvalue weighted by atomic mass is 10.0. The van der Waals surface area contributed by atoms with Gasteiger partial charge in [0.15, 0.2) is 0 Å². The quantitative estimate of drug-likeness (QED) is 0.831. The third kappa shape index (κ3) is 3.16. The van der Waals surface area contributed by atoms with E-state index in [2.05, 4.69) is 10.0 Å². The summed E-state index contributed by atoms with van der Waals surface area (Å²) in [7, 11) is -3.67. The smallest absolute Gasteiger partial charge is 0.240 e. The van der Waals surface area contributed by atoms with Gasteiger partial charge in [-0.3, -0.25) is 9.59 Å². The first-order valence-corrected chi connectivity index (χ1v) is 9.49. The lowest BCUT2D eigenvalue weighted by molar-refractivity contribution is -0.123. The van der Waals surface area contributed by atoms with Crippen LogP contribution >= 0.6 is 0 Å². The van der Waals surface area contributed by atoms with Crippen LogP contribution in [0.25, 0.3) is 0 Å². The first-order valence-electron chi connectivity index (χ1n) is 8.00. The van der Waals surface area contributed by atoms with Crippen LogP contribution in [0.2, 0.25) is 0 Å². The maximum atomic E-state index is 12.6. The summed E-state index contributed by atoms with van der Waals surface area (Å²) in [5.41, 5.74) is 1.64. The molecule has 2 atom stereocenters. The maximum Gasteiger partial charge on any atom is 0.240 e. The zero-order valence-electron chi connectivity index (χ0n) is 13.7. The number of amides is 2. The minimum atomic E-state index is -3.67. The molecule has 1 fully saturated rings. The monoisotopic (exact) mass is 351 g/mol. The molecule has 0 radical (unpaired) electrons. The van der Waals surface area contributed by atoms with E-state index in [9.17, 15) is 18.0 Å². The lowest BCUT2D eigenvalue weighted by Gasteiger charge is -2.30. The van der Waals surface area contributed by atoms with Crippen LogP contribution < -0.4 is 14.9 Å². The molecule has 2 amide bonds. The second kappa shape index (κ2) is 6.18. The minimum absolute atomic E-state index is 0.0470. The molecule has 1 aromatic carbocycles. The largest absolute Gasteiger partial charge is 0.352 e. The number of carbonyl (C=O) groups excluding carboxylic acids is 2. The number of benzene rings is 1. The highest BCUT2D eigenvalue weighted by Crippen LogP contribution is 2.30. The zero-order valence-corrected chi connectivity index (χ0v) is 14.5. The highest BCUT2D eigenvalue weighted by molar-refractivity contribution is 7.89. The Kier molecular flexibility index (Phi) is 4.35. The Bertz CT molecular complexity index is 791. The second-order valence-electron chi connectivity index (χ2n) is 6.33. The number of anilines is 1. The summed E-state index contributed by atoms with van der Waals surface area (Å²) in [4.78, 5) is 24.8. The van der Waals surface area contributed by atoms with E-state index in [4.69, 9.17) is 0 Å². The van der Waals surface area contributed by atoms with E-state index in [0.717, 1.165) is 11.3 Å². The van der Waals surface area contributed by atoms with Gasteiger partial charge >= 0.3 is 0 Å². The van der Waals surface area contributed by atoms with Gasteiger partial charge in [-0.25, -0.2) is 13.1 Å². The van der Waals surface area contributed by atoms with Gasteiger partial charge in [0, 0.05) is 37.7 Å². The Morgan fingerprint density at radius 3 is 2.75 bits per heavy atom. The lowest BCUT2D eigenvalue weighted by Crippen LogP contribution is -2.53. The number of sulfonamides is 1. The summed E-state index contributed by atoms with van der Waals surface area (Å²) in [6, 6.07) is 4.27. The van der Waals surface area contributed by atoms with Crippen molar-refractivity contribution in [2.45, 2.75) is 50.1 Å². The number of piperidine rings is 1. The van der Waals surface area contributed by atoms with Crippen LogP contribution in [0.15, 0.2) is 23.1 Å². The van der Waals surface area contributed by atoms with E-state index in [1.807, 2.05) is 0 Å². The third-order valence-electron chi connectivity index (χ3n) is 4.62. The number of carbonyl (C=O) groups is 2. The topological polar surface area (TPSA) is 95.6 Å². The molecule has 2 aliphatic rings. The van der Waals surface area contributed by atoms with Gasteiger partial charge in [0.1, 0.15) is 0 Å². The highest BCUT2D eigenvalue weighted by atomic mass is 32.2. The fourth-order valence-corrected chi connectivity index (χ4v) is 4.67. The Balaban J connectivity index is 1.81. The summed E-state index contributed by atoms with van der Waals surface area (Å²) in [5.74, 6) is -0.103. The van der Waals surface area contributed by atoms with E-state index in [0.29, 0.717) is 25.8 Å². The third-order valence-corrected chi connectivity index (χ3v) is 6.11. The van der Waals surface area contributed by atoms with Gasteiger partial charge in [-0.05, 0) is 43.5 Å². The van der Waals surface area contributed by atoms with Crippen LogP contribution in [0.1, 0.15) is 32.3 Å². The highest BCUT2D eigenvalue weighted by Gasteiger charge is 2.30. The molecule has 0 spiro atoms. The molecule has 2 heterocycles. The average Bonchev–Trinajstić information content (AvgIpc) is 2.93. The van der Waals surface area contributed by atoms with Crippen LogP contribution in [0.5, 0.6) is 0 Å². The predicted octanol–water partition coefficient (Wildman–Crippen LogP) is 0.541. The van der Waals surface area contributed by atoms with E-state index in [-0.39, 0.29) is 28.8 Å². The minimum Gasteiger partial charge on any atom is -0.352 e. The summed E-state index contributed by atoms with van der Waals surface area (Å²) in [5, 5.41) is 2.75. The molecule has 130 valence electrons. The maximum absolute atomic E-state index is 12.6. The van der Waals surface area contributed by atoms with Gasteiger partial charge in [-0.1, -0.05) is 0 Å². The van der Waals surface area contributed by atoms with Crippen molar-refractivity contribution in [2.24, 2.45) is 0 Å². The molecule has 2 aliphatic heterocycles. The molecule has 0 bridgehead atoms. The Morgan fingerprint density at radius 1 is 1.33 bits per heavy atom. The first-order chi connectivity index (χ1) is 11.3. The van der Waals surface area contributed by atoms with Crippen LogP contribution in [0, 0.1) is 0 Å². The van der Waals surface area contributed by atoms with Crippen molar-refractivity contribution in [3.63, 3.8) is 0 Å². The first kappa shape index (κ1) is 16.9.